The summed E-state index contributed by atoms with van der Waals surface area (Å²) in [5.74, 6) is -0.200. The number of benzene rings is 3. The van der Waals surface area contributed by atoms with Gasteiger partial charge < -0.3 is 10.2 Å². The molecule has 3 aromatic rings. The molecule has 0 bridgehead atoms. The van der Waals surface area contributed by atoms with Crippen LogP contribution in [0.25, 0.3) is 0 Å². The van der Waals surface area contributed by atoms with Crippen molar-refractivity contribution in [1.29, 1.82) is 0 Å². The van der Waals surface area contributed by atoms with Gasteiger partial charge in [0.1, 0.15) is 0 Å². The average molecular weight is 490 g/mol. The number of carbonyl (C=O) groups excluding carboxylic acids is 2. The van der Waals surface area contributed by atoms with E-state index in [0.29, 0.717) is 29.4 Å². The molecule has 2 saturated carbocycles. The quantitative estimate of drug-likeness (QED) is 0.471. The van der Waals surface area contributed by atoms with Crippen LogP contribution in [-0.2, 0) is 16.6 Å². The van der Waals surface area contributed by atoms with Crippen LogP contribution in [0.4, 0.5) is 5.69 Å². The normalized spacial score (nSPS) is 15.3. The fraction of sp³-hybridized carbons (Fsp3) is 0.259. The molecule has 0 spiro atoms. The fourth-order valence-corrected chi connectivity index (χ4v) is 4.93. The maximum absolute atomic E-state index is 13.3. The van der Waals surface area contributed by atoms with Gasteiger partial charge in [0.15, 0.2) is 0 Å². The van der Waals surface area contributed by atoms with Gasteiger partial charge in [-0.3, -0.25) is 14.3 Å². The second-order valence-corrected chi connectivity index (χ2v) is 10.8. The molecule has 0 radical (unpaired) electrons. The Labute approximate surface area is 205 Å². The standard InChI is InChI=1S/C27H27N3O4S/c31-26(28-22-12-13-22)20-8-6-19(7-9-20)18-30(24-14-15-24)27(32)21-10-16-25(17-11-21)35(33,34)29-23-4-2-1-3-5-23/h1-11,16-17,22,24,29H,12-15,18H2,(H,28,31). The second kappa shape index (κ2) is 9.54. The minimum absolute atomic E-state index is 0.0639. The van der Waals surface area contributed by atoms with Crippen LogP contribution in [0.3, 0.4) is 0 Å². The van der Waals surface area contributed by atoms with Gasteiger partial charge in [0.05, 0.1) is 4.90 Å². The Balaban J connectivity index is 1.26. The lowest BCUT2D eigenvalue weighted by Crippen LogP contribution is -2.32. The molecule has 3 aromatic carbocycles. The first-order valence-electron chi connectivity index (χ1n) is 11.8. The summed E-state index contributed by atoms with van der Waals surface area (Å²) >= 11 is 0. The molecule has 0 heterocycles. The molecule has 7 nitrogen and oxygen atoms in total. The highest BCUT2D eigenvalue weighted by Crippen LogP contribution is 2.30. The van der Waals surface area contributed by atoms with Crippen LogP contribution in [-0.4, -0.2) is 37.2 Å². The van der Waals surface area contributed by atoms with E-state index in [1.165, 1.54) is 12.1 Å². The Morgan fingerprint density at radius 1 is 0.800 bits per heavy atom. The highest BCUT2D eigenvalue weighted by molar-refractivity contribution is 7.92. The first kappa shape index (κ1) is 23.1. The maximum atomic E-state index is 13.3. The summed E-state index contributed by atoms with van der Waals surface area (Å²) < 4.78 is 27.9. The molecule has 0 unspecified atom stereocenters. The molecule has 0 saturated heterocycles. The van der Waals surface area contributed by atoms with Crippen molar-refractivity contribution in [2.75, 3.05) is 4.72 Å². The Morgan fingerprint density at radius 2 is 1.43 bits per heavy atom. The second-order valence-electron chi connectivity index (χ2n) is 9.10. The maximum Gasteiger partial charge on any atom is 0.261 e. The fourth-order valence-electron chi connectivity index (χ4n) is 3.87. The van der Waals surface area contributed by atoms with E-state index in [1.54, 1.807) is 48.5 Å². The van der Waals surface area contributed by atoms with Crippen LogP contribution in [0.5, 0.6) is 0 Å². The van der Waals surface area contributed by atoms with E-state index >= 15 is 0 Å². The zero-order chi connectivity index (χ0) is 24.4. The smallest absolute Gasteiger partial charge is 0.261 e. The van der Waals surface area contributed by atoms with Crippen molar-refractivity contribution in [3.05, 3.63) is 95.6 Å². The molecule has 2 N–H and O–H groups in total. The number of rotatable bonds is 9. The van der Waals surface area contributed by atoms with Crippen molar-refractivity contribution < 1.29 is 18.0 Å². The molecule has 35 heavy (non-hydrogen) atoms. The third-order valence-electron chi connectivity index (χ3n) is 6.17. The summed E-state index contributed by atoms with van der Waals surface area (Å²) in [7, 11) is -3.75. The van der Waals surface area contributed by atoms with Gasteiger partial charge in [0, 0.05) is 35.4 Å². The molecule has 0 aromatic heterocycles. The number of amides is 2. The van der Waals surface area contributed by atoms with E-state index in [0.717, 1.165) is 31.2 Å². The zero-order valence-corrected chi connectivity index (χ0v) is 20.0. The lowest BCUT2D eigenvalue weighted by Gasteiger charge is -2.23. The summed E-state index contributed by atoms with van der Waals surface area (Å²) in [6.45, 7) is 0.434. The highest BCUT2D eigenvalue weighted by Gasteiger charge is 2.33. The molecule has 2 aliphatic rings. The van der Waals surface area contributed by atoms with Crippen molar-refractivity contribution in [3.8, 4) is 0 Å². The summed E-state index contributed by atoms with van der Waals surface area (Å²) in [5, 5.41) is 2.98. The third-order valence-corrected chi connectivity index (χ3v) is 7.56. The van der Waals surface area contributed by atoms with E-state index < -0.39 is 10.0 Å². The van der Waals surface area contributed by atoms with Gasteiger partial charge in [-0.05, 0) is 79.8 Å². The van der Waals surface area contributed by atoms with Crippen LogP contribution in [0.2, 0.25) is 0 Å². The average Bonchev–Trinajstić information content (AvgIpc) is 3.79. The van der Waals surface area contributed by atoms with Gasteiger partial charge >= 0.3 is 0 Å². The van der Waals surface area contributed by atoms with Crippen molar-refractivity contribution in [1.82, 2.24) is 10.2 Å². The summed E-state index contributed by atoms with van der Waals surface area (Å²) in [6, 6.07) is 22.5. The van der Waals surface area contributed by atoms with Gasteiger partial charge in [-0.1, -0.05) is 30.3 Å². The number of carbonyl (C=O) groups is 2. The number of sulfonamides is 1. The number of nitrogens with zero attached hydrogens (tertiary/aromatic N) is 1. The molecule has 2 aliphatic carbocycles. The van der Waals surface area contributed by atoms with Crippen LogP contribution >= 0.6 is 0 Å². The summed E-state index contributed by atoms with van der Waals surface area (Å²) in [5.41, 5.74) is 2.48. The number of hydrogen-bond donors (Lipinski definition) is 2. The van der Waals surface area contributed by atoms with Gasteiger partial charge in [-0.15, -0.1) is 0 Å². The highest BCUT2D eigenvalue weighted by atomic mass is 32.2. The lowest BCUT2D eigenvalue weighted by atomic mass is 10.1. The lowest BCUT2D eigenvalue weighted by molar-refractivity contribution is 0.0729. The predicted octanol–water partition coefficient (Wildman–Crippen LogP) is 4.18. The zero-order valence-electron chi connectivity index (χ0n) is 19.2. The predicted molar refractivity (Wildman–Crippen MR) is 134 cm³/mol. The molecular weight excluding hydrogens is 462 g/mol. The van der Waals surface area contributed by atoms with Gasteiger partial charge in [-0.2, -0.15) is 0 Å². The summed E-state index contributed by atoms with van der Waals surface area (Å²) in [4.78, 5) is 27.4. The molecular formula is C27H27N3O4S. The van der Waals surface area contributed by atoms with E-state index in [1.807, 2.05) is 23.1 Å². The minimum atomic E-state index is -3.75. The molecule has 0 aliphatic heterocycles. The Morgan fingerprint density at radius 3 is 2.03 bits per heavy atom. The monoisotopic (exact) mass is 489 g/mol. The summed E-state index contributed by atoms with van der Waals surface area (Å²) in [6.07, 6.45) is 3.97. The van der Waals surface area contributed by atoms with Crippen LogP contribution in [0, 0.1) is 0 Å². The van der Waals surface area contributed by atoms with Crippen molar-refractivity contribution in [3.63, 3.8) is 0 Å². The van der Waals surface area contributed by atoms with Crippen molar-refractivity contribution in [2.24, 2.45) is 0 Å². The van der Waals surface area contributed by atoms with Crippen LogP contribution in [0.15, 0.2) is 83.8 Å². The Hall–Kier alpha value is -3.65. The SMILES string of the molecule is O=C(NC1CC1)c1ccc(CN(C(=O)c2ccc(S(=O)(=O)Nc3ccccc3)cc2)C2CC2)cc1. The third kappa shape index (κ3) is 5.71. The number of hydrogen-bond acceptors (Lipinski definition) is 4. The molecule has 180 valence electrons. The van der Waals surface area contributed by atoms with E-state index in [-0.39, 0.29) is 22.8 Å². The van der Waals surface area contributed by atoms with Gasteiger partial charge in [-0.25, -0.2) is 8.42 Å². The Bertz CT molecular complexity index is 1320. The first-order valence-corrected chi connectivity index (χ1v) is 13.3. The van der Waals surface area contributed by atoms with E-state index in [2.05, 4.69) is 10.0 Å². The van der Waals surface area contributed by atoms with Crippen molar-refractivity contribution in [2.45, 2.75) is 49.2 Å². The topological polar surface area (TPSA) is 95.6 Å². The molecule has 5 rings (SSSR count). The van der Waals surface area contributed by atoms with E-state index in [9.17, 15) is 18.0 Å². The Kier molecular flexibility index (Phi) is 6.30. The molecule has 2 amide bonds. The van der Waals surface area contributed by atoms with Gasteiger partial charge in [0.25, 0.3) is 21.8 Å². The van der Waals surface area contributed by atoms with Crippen LogP contribution < -0.4 is 10.0 Å². The molecule has 2 fully saturated rings. The number of para-hydroxylation sites is 1. The first-order chi connectivity index (χ1) is 16.9. The molecule has 8 heteroatoms. The van der Waals surface area contributed by atoms with Crippen molar-refractivity contribution >= 4 is 27.5 Å². The van der Waals surface area contributed by atoms with Crippen LogP contribution in [0.1, 0.15) is 52.0 Å². The van der Waals surface area contributed by atoms with Gasteiger partial charge in [0.2, 0.25) is 0 Å². The number of nitrogens with one attached hydrogen (secondary N) is 2. The largest absolute Gasteiger partial charge is 0.349 e. The minimum Gasteiger partial charge on any atom is -0.349 e. The molecule has 0 atom stereocenters. The number of anilines is 1. The van der Waals surface area contributed by atoms with E-state index in [4.69, 9.17) is 0 Å².